The number of nitrogens with zero attached hydrogens (tertiary/aromatic N) is 3. The molecule has 2 heterocycles. The van der Waals surface area contributed by atoms with Crippen LogP contribution in [0.1, 0.15) is 5.69 Å². The van der Waals surface area contributed by atoms with Gasteiger partial charge in [-0.05, 0) is 15.9 Å². The first kappa shape index (κ1) is 11.1. The van der Waals surface area contributed by atoms with Crippen molar-refractivity contribution >= 4 is 15.9 Å². The van der Waals surface area contributed by atoms with Crippen molar-refractivity contribution in [1.29, 1.82) is 0 Å². The largest absolute Gasteiger partial charge is 0.314 e. The average molecular weight is 273 g/mol. The topological polar surface area (TPSA) is 33.1 Å². The molecule has 0 bridgehead atoms. The van der Waals surface area contributed by atoms with E-state index in [2.05, 4.69) is 31.2 Å². The quantitative estimate of drug-likeness (QED) is 0.877. The first-order chi connectivity index (χ1) is 7.27. The van der Waals surface area contributed by atoms with Crippen molar-refractivity contribution in [2.75, 3.05) is 32.7 Å². The van der Waals surface area contributed by atoms with Gasteiger partial charge in [-0.1, -0.05) is 0 Å². The maximum Gasteiger partial charge on any atom is 0.0635 e. The lowest BCUT2D eigenvalue weighted by Gasteiger charge is -2.27. The first-order valence-corrected chi connectivity index (χ1v) is 6.16. The van der Waals surface area contributed by atoms with Crippen LogP contribution in [0.3, 0.4) is 0 Å². The van der Waals surface area contributed by atoms with Crippen LogP contribution in [0.5, 0.6) is 0 Å². The number of piperazine rings is 1. The Labute approximate surface area is 98.8 Å². The molecule has 0 spiro atoms. The summed E-state index contributed by atoms with van der Waals surface area (Å²) in [5, 5.41) is 7.58. The van der Waals surface area contributed by atoms with E-state index in [4.69, 9.17) is 0 Å². The SMILES string of the molecule is Cn1ncc(Br)c1CCN1CCNCC1. The zero-order chi connectivity index (χ0) is 10.7. The van der Waals surface area contributed by atoms with Gasteiger partial charge in [0.1, 0.15) is 0 Å². The summed E-state index contributed by atoms with van der Waals surface area (Å²) in [7, 11) is 2.00. The summed E-state index contributed by atoms with van der Waals surface area (Å²) < 4.78 is 3.08. The van der Waals surface area contributed by atoms with Crippen molar-refractivity contribution in [2.45, 2.75) is 6.42 Å². The molecule has 1 aromatic heterocycles. The minimum absolute atomic E-state index is 1.07. The number of aryl methyl sites for hydroxylation is 1. The van der Waals surface area contributed by atoms with Crippen molar-refractivity contribution in [2.24, 2.45) is 7.05 Å². The van der Waals surface area contributed by atoms with E-state index >= 15 is 0 Å². The highest BCUT2D eigenvalue weighted by Crippen LogP contribution is 2.15. The third-order valence-electron chi connectivity index (χ3n) is 2.89. The van der Waals surface area contributed by atoms with Crippen LogP contribution in [0, 0.1) is 0 Å². The molecule has 1 saturated heterocycles. The van der Waals surface area contributed by atoms with Gasteiger partial charge in [0, 0.05) is 46.2 Å². The van der Waals surface area contributed by atoms with Gasteiger partial charge in [0.15, 0.2) is 0 Å². The summed E-state index contributed by atoms with van der Waals surface area (Å²) in [5.74, 6) is 0. The third-order valence-corrected chi connectivity index (χ3v) is 3.55. The van der Waals surface area contributed by atoms with Crippen molar-refractivity contribution < 1.29 is 0 Å². The fourth-order valence-corrected chi connectivity index (χ4v) is 2.46. The Bertz CT molecular complexity index is 298. The number of hydrogen-bond donors (Lipinski definition) is 1. The molecule has 1 aliphatic heterocycles. The summed E-state index contributed by atoms with van der Waals surface area (Å²) in [6.07, 6.45) is 2.93. The van der Waals surface area contributed by atoms with Gasteiger partial charge in [0.2, 0.25) is 0 Å². The molecule has 0 saturated carbocycles. The van der Waals surface area contributed by atoms with Crippen molar-refractivity contribution in [3.8, 4) is 0 Å². The van der Waals surface area contributed by atoms with E-state index in [1.54, 1.807) is 0 Å². The van der Waals surface area contributed by atoms with E-state index in [0.29, 0.717) is 0 Å². The Morgan fingerprint density at radius 1 is 1.47 bits per heavy atom. The molecule has 0 radical (unpaired) electrons. The monoisotopic (exact) mass is 272 g/mol. The molecular weight excluding hydrogens is 256 g/mol. The number of nitrogens with one attached hydrogen (secondary N) is 1. The van der Waals surface area contributed by atoms with Gasteiger partial charge < -0.3 is 10.2 Å². The summed E-state index contributed by atoms with van der Waals surface area (Å²) >= 11 is 3.53. The van der Waals surface area contributed by atoms with Crippen LogP contribution in [0.4, 0.5) is 0 Å². The minimum atomic E-state index is 1.07. The number of hydrogen-bond acceptors (Lipinski definition) is 3. The Morgan fingerprint density at radius 2 is 2.20 bits per heavy atom. The van der Waals surface area contributed by atoms with E-state index in [0.717, 1.165) is 43.6 Å². The second-order valence-electron chi connectivity index (χ2n) is 3.90. The van der Waals surface area contributed by atoms with Gasteiger partial charge in [0.25, 0.3) is 0 Å². The highest BCUT2D eigenvalue weighted by Gasteiger charge is 2.11. The van der Waals surface area contributed by atoms with Gasteiger partial charge in [-0.2, -0.15) is 5.10 Å². The number of halogens is 1. The Kier molecular flexibility index (Phi) is 3.77. The maximum atomic E-state index is 4.22. The van der Waals surface area contributed by atoms with Crippen LogP contribution in [0.2, 0.25) is 0 Å². The van der Waals surface area contributed by atoms with Crippen LogP contribution in [-0.2, 0) is 13.5 Å². The molecule has 0 atom stereocenters. The lowest BCUT2D eigenvalue weighted by atomic mass is 10.2. The molecule has 1 fully saturated rings. The Morgan fingerprint density at radius 3 is 2.80 bits per heavy atom. The standard InChI is InChI=1S/C10H17BrN4/c1-14-10(9(11)8-13-14)2-5-15-6-3-12-4-7-15/h8,12H,2-7H2,1H3. The summed E-state index contributed by atoms with van der Waals surface area (Å²) in [6, 6.07) is 0. The normalized spacial score (nSPS) is 18.3. The molecule has 0 aliphatic carbocycles. The van der Waals surface area contributed by atoms with Crippen molar-refractivity contribution in [3.63, 3.8) is 0 Å². The number of aromatic nitrogens is 2. The van der Waals surface area contributed by atoms with Crippen LogP contribution in [0.15, 0.2) is 10.7 Å². The second-order valence-corrected chi connectivity index (χ2v) is 4.76. The fourth-order valence-electron chi connectivity index (χ4n) is 1.92. The fraction of sp³-hybridized carbons (Fsp3) is 0.700. The molecule has 0 amide bonds. The molecule has 0 unspecified atom stereocenters. The predicted molar refractivity (Wildman–Crippen MR) is 63.9 cm³/mol. The average Bonchev–Trinajstić information content (AvgIpc) is 2.58. The summed E-state index contributed by atoms with van der Waals surface area (Å²) in [5.41, 5.74) is 1.29. The lowest BCUT2D eigenvalue weighted by molar-refractivity contribution is 0.242. The van der Waals surface area contributed by atoms with E-state index in [1.165, 1.54) is 5.69 Å². The summed E-state index contributed by atoms with van der Waals surface area (Å²) in [6.45, 7) is 5.68. The smallest absolute Gasteiger partial charge is 0.0635 e. The molecule has 1 aliphatic rings. The van der Waals surface area contributed by atoms with Crippen LogP contribution in [-0.4, -0.2) is 47.4 Å². The zero-order valence-corrected chi connectivity index (χ0v) is 10.6. The molecule has 4 nitrogen and oxygen atoms in total. The van der Waals surface area contributed by atoms with Gasteiger partial charge in [-0.15, -0.1) is 0 Å². The van der Waals surface area contributed by atoms with Crippen LogP contribution in [0.25, 0.3) is 0 Å². The maximum absolute atomic E-state index is 4.22. The van der Waals surface area contributed by atoms with E-state index in [1.807, 2.05) is 17.9 Å². The van der Waals surface area contributed by atoms with Crippen molar-refractivity contribution in [3.05, 3.63) is 16.4 Å². The minimum Gasteiger partial charge on any atom is -0.314 e. The third kappa shape index (κ3) is 2.80. The molecule has 0 aromatic carbocycles. The summed E-state index contributed by atoms with van der Waals surface area (Å²) in [4.78, 5) is 2.50. The molecule has 84 valence electrons. The highest BCUT2D eigenvalue weighted by atomic mass is 79.9. The van der Waals surface area contributed by atoms with E-state index in [9.17, 15) is 0 Å². The van der Waals surface area contributed by atoms with Gasteiger partial charge in [-0.25, -0.2) is 0 Å². The Balaban J connectivity index is 1.87. The molecule has 15 heavy (non-hydrogen) atoms. The molecule has 5 heteroatoms. The second kappa shape index (κ2) is 5.09. The molecule has 1 aromatic rings. The van der Waals surface area contributed by atoms with Gasteiger partial charge in [-0.3, -0.25) is 4.68 Å². The van der Waals surface area contributed by atoms with Crippen LogP contribution >= 0.6 is 15.9 Å². The highest BCUT2D eigenvalue weighted by molar-refractivity contribution is 9.10. The number of rotatable bonds is 3. The van der Waals surface area contributed by atoms with E-state index < -0.39 is 0 Å². The van der Waals surface area contributed by atoms with Crippen molar-refractivity contribution in [1.82, 2.24) is 20.0 Å². The van der Waals surface area contributed by atoms with Gasteiger partial charge >= 0.3 is 0 Å². The molecule has 1 N–H and O–H groups in total. The zero-order valence-electron chi connectivity index (χ0n) is 9.04. The molecule has 2 rings (SSSR count). The first-order valence-electron chi connectivity index (χ1n) is 5.37. The van der Waals surface area contributed by atoms with Gasteiger partial charge in [0.05, 0.1) is 16.4 Å². The van der Waals surface area contributed by atoms with E-state index in [-0.39, 0.29) is 0 Å². The predicted octanol–water partition coefficient (Wildman–Crippen LogP) is 0.630. The lowest BCUT2D eigenvalue weighted by Crippen LogP contribution is -2.44. The van der Waals surface area contributed by atoms with Crippen LogP contribution < -0.4 is 5.32 Å². The Hall–Kier alpha value is -0.390. The molecular formula is C10H17BrN4.